The van der Waals surface area contributed by atoms with E-state index in [2.05, 4.69) is 21.5 Å². The van der Waals surface area contributed by atoms with E-state index in [1.807, 2.05) is 23.9 Å². The zero-order valence-electron chi connectivity index (χ0n) is 14.7. The molecule has 0 N–H and O–H groups in total. The first kappa shape index (κ1) is 17.2. The Kier molecular flexibility index (Phi) is 4.15. The van der Waals surface area contributed by atoms with E-state index in [1.165, 1.54) is 18.4 Å². The van der Waals surface area contributed by atoms with Crippen LogP contribution in [0.2, 0.25) is 0 Å². The fourth-order valence-corrected chi connectivity index (χ4v) is 3.32. The molecule has 9 heteroatoms. The largest absolute Gasteiger partial charge is 0.453 e. The molecule has 0 fully saturated rings. The first-order chi connectivity index (χ1) is 13.0. The Morgan fingerprint density at radius 3 is 2.63 bits per heavy atom. The molecule has 1 radical (unpaired) electrons. The summed E-state index contributed by atoms with van der Waals surface area (Å²) in [5, 5.41) is 8.33. The molecule has 4 rings (SSSR count). The van der Waals surface area contributed by atoms with Crippen molar-refractivity contribution in [1.29, 1.82) is 0 Å². The molecule has 0 amide bonds. The predicted molar refractivity (Wildman–Crippen MR) is 98.3 cm³/mol. The number of benzene rings is 1. The second kappa shape index (κ2) is 6.51. The van der Waals surface area contributed by atoms with Crippen LogP contribution in [-0.4, -0.2) is 39.1 Å². The van der Waals surface area contributed by atoms with Crippen LogP contribution in [0.25, 0.3) is 16.8 Å². The molecule has 0 saturated heterocycles. The maximum Gasteiger partial charge on any atom is 0.222 e. The van der Waals surface area contributed by atoms with Crippen molar-refractivity contribution in [2.24, 2.45) is 0 Å². The van der Waals surface area contributed by atoms with E-state index in [9.17, 15) is 8.42 Å². The highest BCUT2D eigenvalue weighted by molar-refractivity contribution is 7.90. The quantitative estimate of drug-likeness (QED) is 0.527. The van der Waals surface area contributed by atoms with Gasteiger partial charge in [-0.05, 0) is 37.3 Å². The van der Waals surface area contributed by atoms with E-state index in [1.54, 1.807) is 29.0 Å². The summed E-state index contributed by atoms with van der Waals surface area (Å²) < 4.78 is 32.7. The summed E-state index contributed by atoms with van der Waals surface area (Å²) in [6, 6.07) is 8.11. The van der Waals surface area contributed by atoms with Crippen LogP contribution in [0.4, 0.5) is 0 Å². The summed E-state index contributed by atoms with van der Waals surface area (Å²) in [7, 11) is -3.27. The van der Waals surface area contributed by atoms with Crippen LogP contribution < -0.4 is 4.74 Å². The molecule has 27 heavy (non-hydrogen) atoms. The lowest BCUT2D eigenvalue weighted by atomic mass is 10.1. The van der Waals surface area contributed by atoms with E-state index in [-0.39, 0.29) is 4.90 Å². The molecule has 0 aliphatic heterocycles. The predicted octanol–water partition coefficient (Wildman–Crippen LogP) is 2.61. The van der Waals surface area contributed by atoms with Gasteiger partial charge in [0.15, 0.2) is 21.2 Å². The number of rotatable bonds is 5. The highest BCUT2D eigenvalue weighted by Gasteiger charge is 2.16. The number of pyridine rings is 1. The Morgan fingerprint density at radius 2 is 1.96 bits per heavy atom. The van der Waals surface area contributed by atoms with Gasteiger partial charge in [0, 0.05) is 36.3 Å². The normalized spacial score (nSPS) is 11.8. The molecular formula is C18H16N5O3S. The maximum absolute atomic E-state index is 11.6. The molecule has 0 unspecified atom stereocenters. The highest BCUT2D eigenvalue weighted by Crippen LogP contribution is 2.36. The van der Waals surface area contributed by atoms with E-state index in [4.69, 9.17) is 4.74 Å². The molecule has 4 aromatic rings. The van der Waals surface area contributed by atoms with Crippen LogP contribution in [0.1, 0.15) is 6.92 Å². The maximum atomic E-state index is 11.6. The molecule has 0 bridgehead atoms. The monoisotopic (exact) mass is 382 g/mol. The molecule has 0 aliphatic carbocycles. The zero-order valence-corrected chi connectivity index (χ0v) is 15.5. The Hall–Kier alpha value is -3.20. The molecule has 0 spiro atoms. The van der Waals surface area contributed by atoms with Crippen molar-refractivity contribution < 1.29 is 13.2 Å². The van der Waals surface area contributed by atoms with Crippen molar-refractivity contribution in [1.82, 2.24) is 24.4 Å². The number of hydrogen-bond donors (Lipinski definition) is 0. The van der Waals surface area contributed by atoms with Crippen LogP contribution in [0.15, 0.2) is 53.8 Å². The van der Waals surface area contributed by atoms with Crippen molar-refractivity contribution in [3.63, 3.8) is 0 Å². The Labute approximate surface area is 156 Å². The number of hydrogen-bond acceptors (Lipinski definition) is 6. The molecule has 137 valence electrons. The lowest BCUT2D eigenvalue weighted by Crippen LogP contribution is -1.98. The average molecular weight is 382 g/mol. The summed E-state index contributed by atoms with van der Waals surface area (Å²) in [6.45, 7) is 2.76. The van der Waals surface area contributed by atoms with Gasteiger partial charge in [-0.1, -0.05) is 0 Å². The van der Waals surface area contributed by atoms with Gasteiger partial charge in [0.2, 0.25) is 6.33 Å². The molecule has 8 nitrogen and oxygen atoms in total. The van der Waals surface area contributed by atoms with Gasteiger partial charge in [0.1, 0.15) is 5.75 Å². The summed E-state index contributed by atoms with van der Waals surface area (Å²) in [5.74, 6) is 0.983. The molecule has 0 atom stereocenters. The summed E-state index contributed by atoms with van der Waals surface area (Å²) in [4.78, 5) is 4.39. The molecule has 3 heterocycles. The molecule has 3 aromatic heterocycles. The highest BCUT2D eigenvalue weighted by atomic mass is 32.2. The Bertz CT molecular complexity index is 1210. The zero-order chi connectivity index (χ0) is 19.0. The van der Waals surface area contributed by atoms with Crippen LogP contribution in [0, 0.1) is 6.33 Å². The Balaban J connectivity index is 1.79. The van der Waals surface area contributed by atoms with E-state index >= 15 is 0 Å². The number of sulfone groups is 1. The second-order valence-electron chi connectivity index (χ2n) is 5.97. The average Bonchev–Trinajstić information content (AvgIpc) is 3.31. The summed E-state index contributed by atoms with van der Waals surface area (Å²) in [5.41, 5.74) is 2.19. The van der Waals surface area contributed by atoms with Gasteiger partial charge < -0.3 is 4.74 Å². The fraction of sp³-hybridized carbons (Fsp3) is 0.167. The topological polar surface area (TPSA) is 91.4 Å². The number of aryl methyl sites for hydroxylation is 1. The van der Waals surface area contributed by atoms with Gasteiger partial charge in [0.05, 0.1) is 11.1 Å². The van der Waals surface area contributed by atoms with Gasteiger partial charge in [-0.2, -0.15) is 5.10 Å². The Morgan fingerprint density at radius 1 is 1.19 bits per heavy atom. The van der Waals surface area contributed by atoms with E-state index < -0.39 is 9.84 Å². The van der Waals surface area contributed by atoms with Crippen LogP contribution >= 0.6 is 0 Å². The van der Waals surface area contributed by atoms with Crippen molar-refractivity contribution >= 4 is 15.5 Å². The molecular weight excluding hydrogens is 366 g/mol. The van der Waals surface area contributed by atoms with Crippen molar-refractivity contribution in [3.8, 4) is 22.6 Å². The van der Waals surface area contributed by atoms with Crippen LogP contribution in [0.3, 0.4) is 0 Å². The lowest BCUT2D eigenvalue weighted by molar-refractivity contribution is 0.485. The fourth-order valence-electron chi connectivity index (χ4n) is 2.69. The standard InChI is InChI=1S/C18H16N5O3S/c1-3-22-11-13(10-20-22)16-8-9-23-18(19-12-21-23)17(16)26-14-4-6-15(7-5-14)27(2,24)25/h4-11H,3H2,1-2H3. The molecule has 1 aromatic carbocycles. The van der Waals surface area contributed by atoms with Crippen LogP contribution in [0.5, 0.6) is 11.5 Å². The minimum Gasteiger partial charge on any atom is -0.453 e. The van der Waals surface area contributed by atoms with Gasteiger partial charge in [0.25, 0.3) is 0 Å². The van der Waals surface area contributed by atoms with E-state index in [0.717, 1.165) is 17.7 Å². The third kappa shape index (κ3) is 3.28. The molecule has 0 saturated carbocycles. The second-order valence-corrected chi connectivity index (χ2v) is 7.98. The van der Waals surface area contributed by atoms with Crippen molar-refractivity contribution in [2.75, 3.05) is 6.26 Å². The SMILES string of the molecule is CCn1cc(-c2ccn3n[c]nc3c2Oc2ccc(S(C)(=O)=O)cc2)cn1. The number of fused-ring (bicyclic) bond motifs is 1. The third-order valence-corrected chi connectivity index (χ3v) is 5.22. The number of ether oxygens (including phenoxy) is 1. The van der Waals surface area contributed by atoms with Gasteiger partial charge >= 0.3 is 0 Å². The van der Waals surface area contributed by atoms with Gasteiger partial charge in [-0.15, -0.1) is 5.10 Å². The minimum absolute atomic E-state index is 0.230. The smallest absolute Gasteiger partial charge is 0.222 e. The first-order valence-electron chi connectivity index (χ1n) is 8.22. The third-order valence-electron chi connectivity index (χ3n) is 4.10. The number of aromatic nitrogens is 5. The van der Waals surface area contributed by atoms with Gasteiger partial charge in [-0.25, -0.2) is 17.9 Å². The minimum atomic E-state index is -3.27. The van der Waals surface area contributed by atoms with E-state index in [0.29, 0.717) is 17.1 Å². The molecule has 0 aliphatic rings. The van der Waals surface area contributed by atoms with Crippen molar-refractivity contribution in [2.45, 2.75) is 18.4 Å². The van der Waals surface area contributed by atoms with Crippen molar-refractivity contribution in [3.05, 3.63) is 55.2 Å². The number of nitrogens with zero attached hydrogens (tertiary/aromatic N) is 5. The summed E-state index contributed by atoms with van der Waals surface area (Å²) in [6.07, 6.45) is 9.19. The first-order valence-corrected chi connectivity index (χ1v) is 10.1. The lowest BCUT2D eigenvalue weighted by Gasteiger charge is -2.11. The van der Waals surface area contributed by atoms with Crippen LogP contribution in [-0.2, 0) is 16.4 Å². The summed E-state index contributed by atoms with van der Waals surface area (Å²) >= 11 is 0. The van der Waals surface area contributed by atoms with Gasteiger partial charge in [-0.3, -0.25) is 4.68 Å².